The largest absolute Gasteiger partial charge is 0.481 e. The smallest absolute Gasteiger partial charge is 0.326 e. The van der Waals surface area contributed by atoms with Crippen molar-refractivity contribution >= 4 is 39.5 Å². The summed E-state index contributed by atoms with van der Waals surface area (Å²) in [6.45, 7) is 0. The summed E-state index contributed by atoms with van der Waals surface area (Å²) in [4.78, 5) is 43.3. The minimum Gasteiger partial charge on any atom is -0.481 e. The Bertz CT molecular complexity index is 617. The lowest BCUT2D eigenvalue weighted by molar-refractivity contribution is -0.385. The van der Waals surface area contributed by atoms with Crippen molar-refractivity contribution in [3.05, 3.63) is 38.3 Å². The number of nitro groups is 1. The van der Waals surface area contributed by atoms with Crippen LogP contribution in [0.15, 0.2) is 22.7 Å². The first-order valence-corrected chi connectivity index (χ1v) is 6.21. The number of halogens is 1. The number of hydrogen-bond donors (Lipinski definition) is 3. The number of aliphatic carboxylic acids is 2. The van der Waals surface area contributed by atoms with Gasteiger partial charge in [-0.05, 0) is 22.0 Å². The summed E-state index contributed by atoms with van der Waals surface area (Å²) in [6.07, 6.45) is -0.812. The van der Waals surface area contributed by atoms with Gasteiger partial charge < -0.3 is 15.5 Å². The van der Waals surface area contributed by atoms with Crippen LogP contribution in [0, 0.1) is 10.1 Å². The average Bonchev–Trinajstić information content (AvgIpc) is 2.36. The predicted octanol–water partition coefficient (Wildman–Crippen LogP) is 1.01. The Labute approximate surface area is 125 Å². The molecule has 0 spiro atoms. The molecule has 112 valence electrons. The maximum atomic E-state index is 11.9. The quantitative estimate of drug-likeness (QED) is 0.506. The van der Waals surface area contributed by atoms with Crippen LogP contribution in [0.25, 0.3) is 0 Å². The molecule has 0 aliphatic heterocycles. The van der Waals surface area contributed by atoms with Gasteiger partial charge in [-0.25, -0.2) is 4.79 Å². The van der Waals surface area contributed by atoms with Gasteiger partial charge in [-0.2, -0.15) is 0 Å². The fourth-order valence-corrected chi connectivity index (χ4v) is 2.04. The monoisotopic (exact) mass is 360 g/mol. The van der Waals surface area contributed by atoms with Crippen molar-refractivity contribution in [1.82, 2.24) is 5.32 Å². The molecule has 1 rings (SSSR count). The highest BCUT2D eigenvalue weighted by Crippen LogP contribution is 2.28. The molecule has 1 unspecified atom stereocenters. The van der Waals surface area contributed by atoms with E-state index in [9.17, 15) is 24.5 Å². The van der Waals surface area contributed by atoms with Crippen LogP contribution in [-0.2, 0) is 9.59 Å². The minimum atomic E-state index is -1.64. The van der Waals surface area contributed by atoms with E-state index < -0.39 is 35.2 Å². The number of benzene rings is 1. The van der Waals surface area contributed by atoms with Crippen LogP contribution < -0.4 is 5.32 Å². The molecule has 0 fully saturated rings. The van der Waals surface area contributed by atoms with Crippen LogP contribution in [-0.4, -0.2) is 39.0 Å². The Balaban J connectivity index is 3.03. The van der Waals surface area contributed by atoms with Gasteiger partial charge in [0.15, 0.2) is 0 Å². The molecule has 9 nitrogen and oxygen atoms in total. The fourth-order valence-electron chi connectivity index (χ4n) is 1.45. The minimum absolute atomic E-state index is 0.119. The second-order valence-electron chi connectivity index (χ2n) is 3.86. The molecule has 1 aromatic carbocycles. The second-order valence-corrected chi connectivity index (χ2v) is 4.65. The Morgan fingerprint density at radius 3 is 2.43 bits per heavy atom. The van der Waals surface area contributed by atoms with E-state index >= 15 is 0 Å². The number of amides is 1. The maximum absolute atomic E-state index is 11.9. The van der Waals surface area contributed by atoms with E-state index in [2.05, 4.69) is 15.9 Å². The molecule has 0 saturated heterocycles. The zero-order chi connectivity index (χ0) is 16.2. The van der Waals surface area contributed by atoms with E-state index in [0.29, 0.717) is 0 Å². The number of hydrogen-bond acceptors (Lipinski definition) is 5. The van der Waals surface area contributed by atoms with E-state index in [1.807, 2.05) is 5.32 Å². The van der Waals surface area contributed by atoms with Crippen molar-refractivity contribution in [2.24, 2.45) is 0 Å². The Morgan fingerprint density at radius 2 is 1.95 bits per heavy atom. The van der Waals surface area contributed by atoms with Crippen LogP contribution in [0.5, 0.6) is 0 Å². The van der Waals surface area contributed by atoms with Crippen LogP contribution in [0.3, 0.4) is 0 Å². The molecule has 0 heterocycles. The molecule has 3 N–H and O–H groups in total. The van der Waals surface area contributed by atoms with Gasteiger partial charge in [0.05, 0.1) is 16.9 Å². The van der Waals surface area contributed by atoms with E-state index in [1.165, 1.54) is 12.1 Å². The number of nitrogens with one attached hydrogen (secondary N) is 1. The number of carbonyl (C=O) groups excluding carboxylic acids is 1. The molecule has 1 atom stereocenters. The first-order chi connectivity index (χ1) is 9.73. The molecule has 0 radical (unpaired) electrons. The average molecular weight is 361 g/mol. The molecule has 0 bridgehead atoms. The molecule has 10 heteroatoms. The topological polar surface area (TPSA) is 147 Å². The summed E-state index contributed by atoms with van der Waals surface area (Å²) in [5.41, 5.74) is -0.534. The van der Waals surface area contributed by atoms with Gasteiger partial charge in [0.1, 0.15) is 10.5 Å². The number of carbonyl (C=O) groups is 3. The third-order valence-corrected chi connectivity index (χ3v) is 3.24. The van der Waals surface area contributed by atoms with Gasteiger partial charge in [-0.15, -0.1) is 0 Å². The molecule has 1 aromatic rings. The van der Waals surface area contributed by atoms with Gasteiger partial charge in [-0.1, -0.05) is 6.07 Å². The molecule has 0 aliphatic rings. The molecule has 21 heavy (non-hydrogen) atoms. The second kappa shape index (κ2) is 6.79. The van der Waals surface area contributed by atoms with Crippen molar-refractivity contribution in [2.75, 3.05) is 0 Å². The molecule has 0 aliphatic carbocycles. The molecule has 0 saturated carbocycles. The predicted molar refractivity (Wildman–Crippen MR) is 71.9 cm³/mol. The maximum Gasteiger partial charge on any atom is 0.326 e. The highest BCUT2D eigenvalue weighted by atomic mass is 79.9. The van der Waals surface area contributed by atoms with Crippen LogP contribution in [0.4, 0.5) is 5.69 Å². The highest BCUT2D eigenvalue weighted by molar-refractivity contribution is 9.10. The molecular weight excluding hydrogens is 352 g/mol. The highest BCUT2D eigenvalue weighted by Gasteiger charge is 2.26. The SMILES string of the molecule is O=C(O)CC(NC(=O)c1cccc([N+](=O)[O-])c1Br)C(=O)O. The molecule has 0 aromatic heterocycles. The summed E-state index contributed by atoms with van der Waals surface area (Å²) < 4.78 is -0.119. The van der Waals surface area contributed by atoms with Gasteiger partial charge in [0.2, 0.25) is 0 Å². The van der Waals surface area contributed by atoms with Crippen LogP contribution >= 0.6 is 15.9 Å². The summed E-state index contributed by atoms with van der Waals surface area (Å²) >= 11 is 2.89. The van der Waals surface area contributed by atoms with E-state index in [-0.39, 0.29) is 15.7 Å². The number of nitrogens with zero attached hydrogens (tertiary/aromatic N) is 1. The lowest BCUT2D eigenvalue weighted by Crippen LogP contribution is -2.42. The van der Waals surface area contributed by atoms with Crippen molar-refractivity contribution < 1.29 is 29.5 Å². The normalized spacial score (nSPS) is 11.5. The van der Waals surface area contributed by atoms with E-state index in [4.69, 9.17) is 10.2 Å². The van der Waals surface area contributed by atoms with Crippen molar-refractivity contribution in [1.29, 1.82) is 0 Å². The lowest BCUT2D eigenvalue weighted by atomic mass is 10.1. The standard InChI is InChI=1S/C11H9BrN2O7/c12-9-5(2-1-3-7(9)14(20)21)10(17)13-6(11(18)19)4-8(15)16/h1-3,6H,4H2,(H,13,17)(H,15,16)(H,18,19). The summed E-state index contributed by atoms with van der Waals surface area (Å²) in [7, 11) is 0. The Morgan fingerprint density at radius 1 is 1.33 bits per heavy atom. The number of rotatable bonds is 6. The van der Waals surface area contributed by atoms with Crippen LogP contribution in [0.1, 0.15) is 16.8 Å². The summed E-state index contributed by atoms with van der Waals surface area (Å²) in [5, 5.41) is 30.2. The lowest BCUT2D eigenvalue weighted by Gasteiger charge is -2.13. The Kier molecular flexibility index (Phi) is 5.36. The zero-order valence-electron chi connectivity index (χ0n) is 10.3. The molecular formula is C11H9BrN2O7. The number of nitro benzene ring substituents is 1. The van der Waals surface area contributed by atoms with Gasteiger partial charge in [-0.3, -0.25) is 19.7 Å². The van der Waals surface area contributed by atoms with Gasteiger partial charge >= 0.3 is 11.9 Å². The number of carboxylic acids is 2. The number of carboxylic acid groups (broad SMARTS) is 2. The first kappa shape index (κ1) is 16.6. The summed E-state index contributed by atoms with van der Waals surface area (Å²) in [6, 6.07) is 2.02. The first-order valence-electron chi connectivity index (χ1n) is 5.42. The van der Waals surface area contributed by atoms with Gasteiger partial charge in [0, 0.05) is 6.07 Å². The fraction of sp³-hybridized carbons (Fsp3) is 0.182. The van der Waals surface area contributed by atoms with E-state index in [0.717, 1.165) is 6.07 Å². The third kappa shape index (κ3) is 4.24. The molecule has 1 amide bonds. The van der Waals surface area contributed by atoms with Crippen LogP contribution in [0.2, 0.25) is 0 Å². The Hall–Kier alpha value is -2.49. The van der Waals surface area contributed by atoms with E-state index in [1.54, 1.807) is 0 Å². The third-order valence-electron chi connectivity index (χ3n) is 2.40. The van der Waals surface area contributed by atoms with Crippen molar-refractivity contribution in [3.8, 4) is 0 Å². The van der Waals surface area contributed by atoms with Gasteiger partial charge in [0.25, 0.3) is 11.6 Å². The van der Waals surface area contributed by atoms with Crippen molar-refractivity contribution in [2.45, 2.75) is 12.5 Å². The summed E-state index contributed by atoms with van der Waals surface area (Å²) in [5.74, 6) is -3.85. The van der Waals surface area contributed by atoms with Crippen molar-refractivity contribution in [3.63, 3.8) is 0 Å². The zero-order valence-corrected chi connectivity index (χ0v) is 11.9.